The van der Waals surface area contributed by atoms with E-state index in [4.69, 9.17) is 0 Å². The fourth-order valence-corrected chi connectivity index (χ4v) is 4.34. The number of benzene rings is 1. The minimum absolute atomic E-state index is 0.0150. The number of thioether (sulfide) groups is 1. The van der Waals surface area contributed by atoms with Gasteiger partial charge in [0.25, 0.3) is 0 Å². The first-order valence-electron chi connectivity index (χ1n) is 9.03. The monoisotopic (exact) mass is 353 g/mol. The van der Waals surface area contributed by atoms with Crippen LogP contribution in [0.2, 0.25) is 0 Å². The minimum Gasteiger partial charge on any atom is -0.357 e. The third kappa shape index (κ3) is 3.98. The number of aryl methyl sites for hydroxylation is 2. The number of fused-ring (bicyclic) bond motifs is 1. The van der Waals surface area contributed by atoms with Gasteiger partial charge in [-0.3, -0.25) is 4.79 Å². The van der Waals surface area contributed by atoms with E-state index in [1.807, 2.05) is 12.1 Å². The number of amides is 1. The predicted molar refractivity (Wildman–Crippen MR) is 104 cm³/mol. The molecule has 1 aromatic carbocycles. The molecule has 2 aliphatic rings. The Labute approximate surface area is 153 Å². The van der Waals surface area contributed by atoms with Gasteiger partial charge in [-0.05, 0) is 67.5 Å². The van der Waals surface area contributed by atoms with Gasteiger partial charge in [0.2, 0.25) is 5.91 Å². The fraction of sp³-hybridized carbons (Fsp3) is 0.400. The second kappa shape index (κ2) is 7.48. The largest absolute Gasteiger partial charge is 0.357 e. The number of nitrogens with one attached hydrogen (secondary N) is 1. The van der Waals surface area contributed by atoms with E-state index in [0.29, 0.717) is 5.75 Å². The summed E-state index contributed by atoms with van der Waals surface area (Å²) in [4.78, 5) is 20.1. The van der Waals surface area contributed by atoms with Gasteiger partial charge in [0, 0.05) is 18.0 Å². The molecule has 1 fully saturated rings. The van der Waals surface area contributed by atoms with Crippen LogP contribution in [0.25, 0.3) is 0 Å². The smallest absolute Gasteiger partial charge is 0.234 e. The summed E-state index contributed by atoms with van der Waals surface area (Å²) in [7, 11) is 0. The molecule has 25 heavy (non-hydrogen) atoms. The Morgan fingerprint density at radius 3 is 2.72 bits per heavy atom. The maximum absolute atomic E-state index is 12.2. The third-order valence-electron chi connectivity index (χ3n) is 4.90. The van der Waals surface area contributed by atoms with Crippen molar-refractivity contribution in [2.24, 2.45) is 0 Å². The van der Waals surface area contributed by atoms with Crippen LogP contribution in [0.1, 0.15) is 30.4 Å². The molecule has 0 unspecified atom stereocenters. The van der Waals surface area contributed by atoms with Crippen LogP contribution in [0.15, 0.2) is 41.4 Å². The Hall–Kier alpha value is -2.01. The van der Waals surface area contributed by atoms with E-state index in [1.165, 1.54) is 48.1 Å². The highest BCUT2D eigenvalue weighted by atomic mass is 32.2. The Morgan fingerprint density at radius 2 is 1.92 bits per heavy atom. The summed E-state index contributed by atoms with van der Waals surface area (Å²) < 4.78 is 0. The van der Waals surface area contributed by atoms with Gasteiger partial charge in [0.05, 0.1) is 17.6 Å². The first kappa shape index (κ1) is 16.5. The van der Waals surface area contributed by atoms with Gasteiger partial charge >= 0.3 is 0 Å². The lowest BCUT2D eigenvalue weighted by atomic mass is 10.1. The van der Waals surface area contributed by atoms with Crippen molar-refractivity contribution >= 4 is 29.2 Å². The van der Waals surface area contributed by atoms with E-state index in [2.05, 4.69) is 33.4 Å². The predicted octanol–water partition coefficient (Wildman–Crippen LogP) is 3.90. The lowest BCUT2D eigenvalue weighted by Gasteiger charge is -2.16. The molecule has 5 heteroatoms. The molecular formula is C20H23N3OS. The molecule has 1 N–H and O–H groups in total. The summed E-state index contributed by atoms with van der Waals surface area (Å²) in [5, 5.41) is 2.94. The highest BCUT2D eigenvalue weighted by Gasteiger charge is 2.14. The number of rotatable bonds is 5. The van der Waals surface area contributed by atoms with Gasteiger partial charge < -0.3 is 10.2 Å². The molecule has 1 saturated heterocycles. The number of carbonyl (C=O) groups excluding carboxylic acids is 1. The molecule has 1 aromatic heterocycles. The number of aromatic nitrogens is 1. The summed E-state index contributed by atoms with van der Waals surface area (Å²) in [5.74, 6) is 1.44. The van der Waals surface area contributed by atoms with Gasteiger partial charge in [0.15, 0.2) is 0 Å². The number of anilines is 2. The van der Waals surface area contributed by atoms with Crippen molar-refractivity contribution in [3.63, 3.8) is 0 Å². The van der Waals surface area contributed by atoms with Gasteiger partial charge in [-0.15, -0.1) is 11.8 Å². The summed E-state index contributed by atoms with van der Waals surface area (Å²) in [6.45, 7) is 2.16. The van der Waals surface area contributed by atoms with E-state index < -0.39 is 0 Å². The normalized spacial score (nSPS) is 16.1. The Morgan fingerprint density at radius 1 is 1.08 bits per heavy atom. The van der Waals surface area contributed by atoms with Crippen molar-refractivity contribution in [1.29, 1.82) is 0 Å². The van der Waals surface area contributed by atoms with Crippen LogP contribution in [-0.4, -0.2) is 29.7 Å². The zero-order valence-corrected chi connectivity index (χ0v) is 15.1. The molecule has 0 radical (unpaired) electrons. The summed E-state index contributed by atoms with van der Waals surface area (Å²) >= 11 is 1.60. The molecule has 4 rings (SSSR count). The lowest BCUT2D eigenvalue weighted by Crippen LogP contribution is -2.19. The van der Waals surface area contributed by atoms with Crippen LogP contribution in [-0.2, 0) is 17.6 Å². The number of hydrogen-bond acceptors (Lipinski definition) is 4. The molecule has 2 heterocycles. The van der Waals surface area contributed by atoms with E-state index in [9.17, 15) is 4.79 Å². The fourth-order valence-electron chi connectivity index (χ4n) is 3.58. The molecule has 1 aliphatic carbocycles. The average Bonchev–Trinajstić information content (AvgIpc) is 3.32. The average molecular weight is 353 g/mol. The zero-order chi connectivity index (χ0) is 17.1. The quantitative estimate of drug-likeness (QED) is 0.828. The molecule has 0 bridgehead atoms. The highest BCUT2D eigenvalue weighted by molar-refractivity contribution is 8.00. The van der Waals surface area contributed by atoms with Crippen molar-refractivity contribution in [2.75, 3.05) is 29.1 Å². The van der Waals surface area contributed by atoms with Gasteiger partial charge in [-0.1, -0.05) is 6.07 Å². The maximum Gasteiger partial charge on any atom is 0.234 e. The second-order valence-corrected chi connectivity index (χ2v) is 7.77. The van der Waals surface area contributed by atoms with Crippen LogP contribution < -0.4 is 10.2 Å². The van der Waals surface area contributed by atoms with Gasteiger partial charge in [-0.2, -0.15) is 0 Å². The summed E-state index contributed by atoms with van der Waals surface area (Å²) in [6, 6.07) is 10.5. The number of hydrogen-bond donors (Lipinski definition) is 1. The molecule has 4 nitrogen and oxygen atoms in total. The van der Waals surface area contributed by atoms with Crippen LogP contribution in [0.4, 0.5) is 11.5 Å². The second-order valence-electron chi connectivity index (χ2n) is 6.72. The van der Waals surface area contributed by atoms with E-state index in [-0.39, 0.29) is 5.91 Å². The van der Waals surface area contributed by atoms with Crippen molar-refractivity contribution in [2.45, 2.75) is 37.0 Å². The van der Waals surface area contributed by atoms with E-state index in [1.54, 1.807) is 18.0 Å². The molecule has 0 saturated carbocycles. The van der Waals surface area contributed by atoms with Crippen LogP contribution >= 0.6 is 11.8 Å². The van der Waals surface area contributed by atoms with Gasteiger partial charge in [-0.25, -0.2) is 4.98 Å². The van der Waals surface area contributed by atoms with Crippen LogP contribution in [0.5, 0.6) is 0 Å². The third-order valence-corrected chi connectivity index (χ3v) is 5.90. The standard InChI is InChI=1S/C20H23N3OS/c24-20(14-25-18-8-6-15-4-3-5-16(15)12-18)22-17-7-9-19(21-13-17)23-10-1-2-11-23/h6-9,12-13H,1-5,10-11,14H2,(H,22,24). The van der Waals surface area contributed by atoms with Crippen LogP contribution in [0, 0.1) is 0 Å². The number of nitrogens with zero attached hydrogens (tertiary/aromatic N) is 2. The van der Waals surface area contributed by atoms with Crippen molar-refractivity contribution < 1.29 is 4.79 Å². The van der Waals surface area contributed by atoms with E-state index in [0.717, 1.165) is 24.6 Å². The van der Waals surface area contributed by atoms with Crippen molar-refractivity contribution in [3.8, 4) is 0 Å². The van der Waals surface area contributed by atoms with E-state index >= 15 is 0 Å². The molecule has 0 atom stereocenters. The topological polar surface area (TPSA) is 45.2 Å². The summed E-state index contributed by atoms with van der Waals surface area (Å²) in [6.07, 6.45) is 7.85. The zero-order valence-electron chi connectivity index (χ0n) is 14.3. The molecule has 1 amide bonds. The number of pyridine rings is 1. The molecular weight excluding hydrogens is 330 g/mol. The first-order valence-corrected chi connectivity index (χ1v) is 10.0. The molecule has 130 valence electrons. The van der Waals surface area contributed by atoms with Crippen molar-refractivity contribution in [1.82, 2.24) is 4.98 Å². The van der Waals surface area contributed by atoms with Crippen LogP contribution in [0.3, 0.4) is 0 Å². The maximum atomic E-state index is 12.2. The number of carbonyl (C=O) groups is 1. The molecule has 0 spiro atoms. The Kier molecular flexibility index (Phi) is 4.92. The Balaban J connectivity index is 1.30. The molecule has 1 aliphatic heterocycles. The van der Waals surface area contributed by atoms with Gasteiger partial charge in [0.1, 0.15) is 5.82 Å². The lowest BCUT2D eigenvalue weighted by molar-refractivity contribution is -0.113. The SMILES string of the molecule is O=C(CSc1ccc2c(c1)CCC2)Nc1ccc(N2CCCC2)nc1. The minimum atomic E-state index is 0.0150. The summed E-state index contributed by atoms with van der Waals surface area (Å²) in [5.41, 5.74) is 3.69. The Bertz CT molecular complexity index is 754. The van der Waals surface area contributed by atoms with Crippen molar-refractivity contribution in [3.05, 3.63) is 47.7 Å². The molecule has 2 aromatic rings. The highest BCUT2D eigenvalue weighted by Crippen LogP contribution is 2.27. The first-order chi connectivity index (χ1) is 12.3.